The number of hydrogen-bond donors (Lipinski definition) is 2. The van der Waals surface area contributed by atoms with E-state index in [2.05, 4.69) is 10.6 Å². The number of hydrogen-bond acceptors (Lipinski definition) is 4. The average molecular weight is 317 g/mol. The molecule has 2 N–H and O–H groups in total. The first-order valence-corrected chi connectivity index (χ1v) is 8.60. The fourth-order valence-electron chi connectivity index (χ4n) is 2.27. The predicted molar refractivity (Wildman–Crippen MR) is 81.1 cm³/mol. The monoisotopic (exact) mass is 316 g/mol. The Balaban J connectivity index is 2.07. The summed E-state index contributed by atoms with van der Waals surface area (Å²) in [4.78, 5) is 11.0. The SMILES string of the molecule is CC(=O)Nc1ccc(NC2CCCS(=O)(=O)C2)cc1Cl. The molecule has 1 unspecified atom stereocenters. The molecule has 7 heteroatoms. The van der Waals surface area contributed by atoms with Gasteiger partial charge >= 0.3 is 0 Å². The second-order valence-corrected chi connectivity index (χ2v) is 7.61. The number of benzene rings is 1. The van der Waals surface area contributed by atoms with E-state index in [0.717, 1.165) is 12.1 Å². The lowest BCUT2D eigenvalue weighted by atomic mass is 10.1. The highest BCUT2D eigenvalue weighted by atomic mass is 35.5. The second kappa shape index (κ2) is 6.01. The van der Waals surface area contributed by atoms with Crippen LogP contribution >= 0.6 is 11.6 Å². The second-order valence-electron chi connectivity index (χ2n) is 4.97. The van der Waals surface area contributed by atoms with Crippen molar-refractivity contribution in [2.45, 2.75) is 25.8 Å². The zero-order chi connectivity index (χ0) is 14.8. The Morgan fingerprint density at radius 1 is 1.40 bits per heavy atom. The van der Waals surface area contributed by atoms with E-state index in [-0.39, 0.29) is 23.5 Å². The van der Waals surface area contributed by atoms with Gasteiger partial charge in [0, 0.05) is 18.7 Å². The standard InChI is InChI=1S/C13H17ClN2O3S/c1-9(17)15-13-5-4-10(7-12(13)14)16-11-3-2-6-20(18,19)8-11/h4-5,7,11,16H,2-3,6,8H2,1H3,(H,15,17). The Bertz CT molecular complexity index is 616. The Morgan fingerprint density at radius 2 is 2.15 bits per heavy atom. The molecule has 1 saturated heterocycles. The van der Waals surface area contributed by atoms with Crippen molar-refractivity contribution in [2.24, 2.45) is 0 Å². The highest BCUT2D eigenvalue weighted by molar-refractivity contribution is 7.91. The molecule has 0 spiro atoms. The summed E-state index contributed by atoms with van der Waals surface area (Å²) < 4.78 is 23.2. The van der Waals surface area contributed by atoms with Crippen LogP contribution in [-0.2, 0) is 14.6 Å². The number of amides is 1. The van der Waals surface area contributed by atoms with Gasteiger partial charge in [0.05, 0.1) is 22.2 Å². The summed E-state index contributed by atoms with van der Waals surface area (Å²) in [7, 11) is -2.94. The molecule has 1 fully saturated rings. The molecule has 1 heterocycles. The lowest BCUT2D eigenvalue weighted by molar-refractivity contribution is -0.114. The third-order valence-electron chi connectivity index (χ3n) is 3.11. The lowest BCUT2D eigenvalue weighted by Crippen LogP contribution is -2.34. The summed E-state index contributed by atoms with van der Waals surface area (Å²) in [6.07, 6.45) is 1.50. The lowest BCUT2D eigenvalue weighted by Gasteiger charge is -2.24. The van der Waals surface area contributed by atoms with Crippen molar-refractivity contribution in [2.75, 3.05) is 22.1 Å². The van der Waals surface area contributed by atoms with Crippen molar-refractivity contribution in [1.29, 1.82) is 0 Å². The molecule has 0 radical (unpaired) electrons. The van der Waals surface area contributed by atoms with E-state index in [1.807, 2.05) is 0 Å². The number of halogens is 1. The Hall–Kier alpha value is -1.27. The maximum atomic E-state index is 11.6. The molecule has 20 heavy (non-hydrogen) atoms. The van der Waals surface area contributed by atoms with Crippen LogP contribution in [0, 0.1) is 0 Å². The first-order chi connectivity index (χ1) is 9.35. The Kier molecular flexibility index (Phi) is 4.55. The van der Waals surface area contributed by atoms with Crippen LogP contribution in [0.15, 0.2) is 18.2 Å². The number of nitrogens with one attached hydrogen (secondary N) is 2. The van der Waals surface area contributed by atoms with E-state index < -0.39 is 9.84 Å². The molecule has 2 rings (SSSR count). The molecule has 0 aromatic heterocycles. The smallest absolute Gasteiger partial charge is 0.221 e. The quantitative estimate of drug-likeness (QED) is 0.897. The van der Waals surface area contributed by atoms with Crippen LogP contribution in [0.5, 0.6) is 0 Å². The van der Waals surface area contributed by atoms with Crippen LogP contribution < -0.4 is 10.6 Å². The number of anilines is 2. The zero-order valence-electron chi connectivity index (χ0n) is 11.1. The van der Waals surface area contributed by atoms with Gasteiger partial charge in [-0.05, 0) is 31.0 Å². The molecule has 5 nitrogen and oxygen atoms in total. The molecular weight excluding hydrogens is 300 g/mol. The number of carbonyl (C=O) groups is 1. The van der Waals surface area contributed by atoms with Crippen LogP contribution in [0.4, 0.5) is 11.4 Å². The molecule has 1 aliphatic rings. The molecule has 1 aromatic carbocycles. The van der Waals surface area contributed by atoms with E-state index in [9.17, 15) is 13.2 Å². The van der Waals surface area contributed by atoms with E-state index in [1.54, 1.807) is 18.2 Å². The molecule has 1 atom stereocenters. The topological polar surface area (TPSA) is 75.3 Å². The maximum absolute atomic E-state index is 11.6. The van der Waals surface area contributed by atoms with Crippen molar-refractivity contribution in [3.8, 4) is 0 Å². The molecule has 110 valence electrons. The molecule has 1 amide bonds. The van der Waals surface area contributed by atoms with Crippen LogP contribution in [0.25, 0.3) is 0 Å². The van der Waals surface area contributed by atoms with Crippen LogP contribution in [0.1, 0.15) is 19.8 Å². The first kappa shape index (κ1) is 15.1. The van der Waals surface area contributed by atoms with Gasteiger partial charge in [-0.15, -0.1) is 0 Å². The minimum absolute atomic E-state index is 0.0866. The summed E-state index contributed by atoms with van der Waals surface area (Å²) in [5.41, 5.74) is 1.30. The van der Waals surface area contributed by atoms with Gasteiger partial charge in [-0.25, -0.2) is 8.42 Å². The van der Waals surface area contributed by atoms with Crippen molar-refractivity contribution in [3.63, 3.8) is 0 Å². The van der Waals surface area contributed by atoms with Crippen molar-refractivity contribution in [3.05, 3.63) is 23.2 Å². The summed E-state index contributed by atoms with van der Waals surface area (Å²) in [6, 6.07) is 5.08. The fraction of sp³-hybridized carbons (Fsp3) is 0.462. The summed E-state index contributed by atoms with van der Waals surface area (Å²) >= 11 is 6.07. The van der Waals surface area contributed by atoms with Gasteiger partial charge in [-0.2, -0.15) is 0 Å². The minimum Gasteiger partial charge on any atom is -0.381 e. The van der Waals surface area contributed by atoms with Gasteiger partial charge < -0.3 is 10.6 Å². The first-order valence-electron chi connectivity index (χ1n) is 6.40. The number of carbonyl (C=O) groups excluding carboxylic acids is 1. The maximum Gasteiger partial charge on any atom is 0.221 e. The van der Waals surface area contributed by atoms with Crippen LogP contribution in [-0.4, -0.2) is 31.9 Å². The van der Waals surface area contributed by atoms with Gasteiger partial charge in [0.25, 0.3) is 0 Å². The Morgan fingerprint density at radius 3 is 2.75 bits per heavy atom. The third kappa shape index (κ3) is 4.11. The molecule has 0 saturated carbocycles. The summed E-state index contributed by atoms with van der Waals surface area (Å²) in [5.74, 6) is 0.233. The van der Waals surface area contributed by atoms with E-state index in [1.165, 1.54) is 6.92 Å². The highest BCUT2D eigenvalue weighted by Gasteiger charge is 2.24. The molecule has 0 aliphatic carbocycles. The highest BCUT2D eigenvalue weighted by Crippen LogP contribution is 2.27. The number of rotatable bonds is 3. The van der Waals surface area contributed by atoms with Gasteiger partial charge in [0.2, 0.25) is 5.91 Å². The summed E-state index contributed by atoms with van der Waals surface area (Å²) in [6.45, 7) is 1.41. The largest absolute Gasteiger partial charge is 0.381 e. The van der Waals surface area contributed by atoms with E-state index in [4.69, 9.17) is 11.6 Å². The van der Waals surface area contributed by atoms with E-state index >= 15 is 0 Å². The van der Waals surface area contributed by atoms with Crippen LogP contribution in [0.2, 0.25) is 5.02 Å². The van der Waals surface area contributed by atoms with Crippen molar-refractivity contribution >= 4 is 38.7 Å². The normalized spacial score (nSPS) is 21.2. The van der Waals surface area contributed by atoms with E-state index in [0.29, 0.717) is 17.1 Å². The third-order valence-corrected chi connectivity index (χ3v) is 5.25. The Labute approximate surface area is 123 Å². The van der Waals surface area contributed by atoms with Crippen molar-refractivity contribution in [1.82, 2.24) is 0 Å². The molecule has 0 bridgehead atoms. The van der Waals surface area contributed by atoms with Gasteiger partial charge in [0.15, 0.2) is 9.84 Å². The molecule has 1 aromatic rings. The van der Waals surface area contributed by atoms with Gasteiger partial charge in [-0.3, -0.25) is 4.79 Å². The van der Waals surface area contributed by atoms with Crippen LogP contribution in [0.3, 0.4) is 0 Å². The summed E-state index contributed by atoms with van der Waals surface area (Å²) in [5, 5.41) is 6.22. The molecule has 1 aliphatic heterocycles. The van der Waals surface area contributed by atoms with Gasteiger partial charge in [0.1, 0.15) is 0 Å². The van der Waals surface area contributed by atoms with Crippen molar-refractivity contribution < 1.29 is 13.2 Å². The fourth-order valence-corrected chi connectivity index (χ4v) is 4.13. The van der Waals surface area contributed by atoms with Gasteiger partial charge in [-0.1, -0.05) is 11.6 Å². The predicted octanol–water partition coefficient (Wildman–Crippen LogP) is 2.29. The minimum atomic E-state index is -2.94. The number of sulfone groups is 1. The zero-order valence-corrected chi connectivity index (χ0v) is 12.7. The molecular formula is C13H17ClN2O3S. The average Bonchev–Trinajstić information content (AvgIpc) is 2.31.